The first-order valence-corrected chi connectivity index (χ1v) is 12.0. The standard InChI is InChI=1S/C22H26ClN3O6S/c1-5-19(33(31,32)14-8-6-13(4)7-9-14)21(28)24-16-11-18(27)17(10-15(16)23)25-22(29)20(26-30)12(2)3/h6-12,19,27,30H,5H2,1-4H3,(H,24,28)(H,25,29). The van der Waals surface area contributed by atoms with Gasteiger partial charge in [-0.1, -0.05) is 55.2 Å². The zero-order chi connectivity index (χ0) is 24.9. The smallest absolute Gasteiger partial charge is 0.273 e. The number of sulfone groups is 1. The number of benzene rings is 2. The molecule has 9 nitrogen and oxygen atoms in total. The number of nitrogens with one attached hydrogen (secondary N) is 2. The molecule has 178 valence electrons. The fraction of sp³-hybridized carbons (Fsp3) is 0.318. The summed E-state index contributed by atoms with van der Waals surface area (Å²) in [7, 11) is -3.97. The molecule has 0 radical (unpaired) electrons. The van der Waals surface area contributed by atoms with Crippen molar-refractivity contribution in [2.24, 2.45) is 11.1 Å². The van der Waals surface area contributed by atoms with Gasteiger partial charge in [-0.2, -0.15) is 0 Å². The number of amides is 2. The first-order valence-electron chi connectivity index (χ1n) is 10.1. The molecular formula is C22H26ClN3O6S. The Bertz CT molecular complexity index is 1180. The SMILES string of the molecule is CCC(C(=O)Nc1cc(O)c(NC(=O)C(=NO)C(C)C)cc1Cl)S(=O)(=O)c1ccc(C)cc1. The van der Waals surface area contributed by atoms with E-state index in [9.17, 15) is 23.1 Å². The molecular weight excluding hydrogens is 470 g/mol. The number of anilines is 2. The lowest BCUT2D eigenvalue weighted by Crippen LogP contribution is -2.34. The number of carbonyl (C=O) groups is 2. The predicted octanol–water partition coefficient (Wildman–Crippen LogP) is 3.97. The van der Waals surface area contributed by atoms with E-state index in [0.717, 1.165) is 11.6 Å². The van der Waals surface area contributed by atoms with Gasteiger partial charge in [-0.3, -0.25) is 9.59 Å². The summed E-state index contributed by atoms with van der Waals surface area (Å²) in [6, 6.07) is 8.45. The van der Waals surface area contributed by atoms with E-state index >= 15 is 0 Å². The largest absolute Gasteiger partial charge is 0.506 e. The molecule has 0 spiro atoms. The minimum atomic E-state index is -3.97. The number of phenols is 1. The molecule has 1 unspecified atom stereocenters. The maximum absolute atomic E-state index is 13.0. The second kappa shape index (κ2) is 10.7. The molecule has 2 rings (SSSR count). The number of aromatic hydroxyl groups is 1. The topological polar surface area (TPSA) is 145 Å². The van der Waals surface area contributed by atoms with E-state index in [1.165, 1.54) is 18.2 Å². The van der Waals surface area contributed by atoms with Crippen LogP contribution in [0.5, 0.6) is 5.75 Å². The first-order chi connectivity index (χ1) is 15.4. The van der Waals surface area contributed by atoms with Gasteiger partial charge in [0.25, 0.3) is 5.91 Å². The van der Waals surface area contributed by atoms with E-state index in [4.69, 9.17) is 16.8 Å². The van der Waals surface area contributed by atoms with Crippen molar-refractivity contribution in [1.82, 2.24) is 0 Å². The van der Waals surface area contributed by atoms with Crippen LogP contribution in [0.25, 0.3) is 0 Å². The molecule has 2 aromatic rings. The number of aryl methyl sites for hydroxylation is 1. The van der Waals surface area contributed by atoms with Gasteiger partial charge >= 0.3 is 0 Å². The van der Waals surface area contributed by atoms with E-state index < -0.39 is 32.7 Å². The number of carbonyl (C=O) groups excluding carboxylic acids is 2. The van der Waals surface area contributed by atoms with Crippen LogP contribution < -0.4 is 10.6 Å². The van der Waals surface area contributed by atoms with Crippen LogP contribution in [0.2, 0.25) is 5.02 Å². The lowest BCUT2D eigenvalue weighted by atomic mass is 10.1. The van der Waals surface area contributed by atoms with Crippen molar-refractivity contribution in [3.05, 3.63) is 47.0 Å². The van der Waals surface area contributed by atoms with E-state index in [1.54, 1.807) is 32.9 Å². The van der Waals surface area contributed by atoms with Gasteiger partial charge in [0.15, 0.2) is 9.84 Å². The highest BCUT2D eigenvalue weighted by molar-refractivity contribution is 7.92. The minimum Gasteiger partial charge on any atom is -0.506 e. The number of hydrogen-bond acceptors (Lipinski definition) is 7. The maximum atomic E-state index is 13.0. The highest BCUT2D eigenvalue weighted by Gasteiger charge is 2.33. The van der Waals surface area contributed by atoms with Gasteiger partial charge in [0.05, 0.1) is 21.3 Å². The molecule has 11 heteroatoms. The lowest BCUT2D eigenvalue weighted by Gasteiger charge is -2.18. The zero-order valence-corrected chi connectivity index (χ0v) is 20.2. The summed E-state index contributed by atoms with van der Waals surface area (Å²) in [6.45, 7) is 6.69. The third kappa shape index (κ3) is 6.02. The summed E-state index contributed by atoms with van der Waals surface area (Å²) in [5.41, 5.74) is 0.611. The van der Waals surface area contributed by atoms with Crippen molar-refractivity contribution in [2.45, 2.75) is 44.3 Å². The van der Waals surface area contributed by atoms with Crippen molar-refractivity contribution in [3.8, 4) is 5.75 Å². The van der Waals surface area contributed by atoms with Crippen LogP contribution >= 0.6 is 11.6 Å². The maximum Gasteiger partial charge on any atom is 0.273 e. The van der Waals surface area contributed by atoms with Crippen LogP contribution in [-0.2, 0) is 19.4 Å². The number of rotatable bonds is 8. The molecule has 0 heterocycles. The monoisotopic (exact) mass is 495 g/mol. The summed E-state index contributed by atoms with van der Waals surface area (Å²) in [5.74, 6) is -2.37. The average Bonchev–Trinajstić information content (AvgIpc) is 2.72. The van der Waals surface area contributed by atoms with Crippen molar-refractivity contribution in [1.29, 1.82) is 0 Å². The van der Waals surface area contributed by atoms with E-state index in [2.05, 4.69) is 15.8 Å². The Morgan fingerprint density at radius 1 is 1.09 bits per heavy atom. The number of phenolic OH excluding ortho intramolecular Hbond substituents is 1. The molecule has 0 aromatic heterocycles. The Morgan fingerprint density at radius 3 is 2.21 bits per heavy atom. The van der Waals surface area contributed by atoms with Crippen LogP contribution in [0, 0.1) is 12.8 Å². The quantitative estimate of drug-likeness (QED) is 0.189. The number of halogens is 1. The second-order valence-electron chi connectivity index (χ2n) is 7.69. The van der Waals surface area contributed by atoms with Crippen LogP contribution in [0.4, 0.5) is 11.4 Å². The van der Waals surface area contributed by atoms with Crippen LogP contribution in [0.15, 0.2) is 46.4 Å². The highest BCUT2D eigenvalue weighted by Crippen LogP contribution is 2.34. The molecule has 33 heavy (non-hydrogen) atoms. The average molecular weight is 496 g/mol. The van der Waals surface area contributed by atoms with E-state index in [1.807, 2.05) is 6.92 Å². The van der Waals surface area contributed by atoms with E-state index in [-0.39, 0.29) is 39.3 Å². The third-order valence-electron chi connectivity index (χ3n) is 4.87. The van der Waals surface area contributed by atoms with Gasteiger partial charge in [0.2, 0.25) is 5.91 Å². The predicted molar refractivity (Wildman–Crippen MR) is 127 cm³/mol. The fourth-order valence-corrected chi connectivity index (χ4v) is 4.85. The molecule has 1 atom stereocenters. The number of nitrogens with zero attached hydrogens (tertiary/aromatic N) is 1. The molecule has 0 saturated carbocycles. The molecule has 0 bridgehead atoms. The molecule has 4 N–H and O–H groups in total. The second-order valence-corrected chi connectivity index (χ2v) is 10.2. The van der Waals surface area contributed by atoms with Crippen LogP contribution in [0.3, 0.4) is 0 Å². The van der Waals surface area contributed by atoms with Crippen LogP contribution in [0.1, 0.15) is 32.8 Å². The van der Waals surface area contributed by atoms with Gasteiger partial charge in [-0.25, -0.2) is 8.42 Å². The van der Waals surface area contributed by atoms with Crippen molar-refractivity contribution in [3.63, 3.8) is 0 Å². The minimum absolute atomic E-state index is 0.0122. The summed E-state index contributed by atoms with van der Waals surface area (Å²) in [5, 5.41) is 25.6. The Hall–Kier alpha value is -3.11. The normalized spacial score (nSPS) is 13.0. The molecule has 0 aliphatic heterocycles. The highest BCUT2D eigenvalue weighted by atomic mass is 35.5. The molecule has 0 aliphatic rings. The molecule has 2 aromatic carbocycles. The summed E-state index contributed by atoms with van der Waals surface area (Å²) in [6.07, 6.45) is 0.0122. The van der Waals surface area contributed by atoms with Gasteiger partial charge < -0.3 is 20.9 Å². The zero-order valence-electron chi connectivity index (χ0n) is 18.6. The molecule has 0 saturated heterocycles. The molecule has 0 fully saturated rings. The summed E-state index contributed by atoms with van der Waals surface area (Å²) >= 11 is 6.20. The van der Waals surface area contributed by atoms with Gasteiger partial charge in [0.1, 0.15) is 16.7 Å². The number of hydrogen-bond donors (Lipinski definition) is 4. The Labute approximate surface area is 197 Å². The van der Waals surface area contributed by atoms with Crippen molar-refractivity contribution >= 4 is 50.3 Å². The third-order valence-corrected chi connectivity index (χ3v) is 7.40. The Balaban J connectivity index is 2.27. The van der Waals surface area contributed by atoms with Crippen LogP contribution in [-0.4, -0.2) is 41.5 Å². The van der Waals surface area contributed by atoms with Crippen molar-refractivity contribution in [2.75, 3.05) is 10.6 Å². The number of oxime groups is 1. The molecule has 2 amide bonds. The lowest BCUT2D eigenvalue weighted by molar-refractivity contribution is -0.116. The summed E-state index contributed by atoms with van der Waals surface area (Å²) in [4.78, 5) is 25.1. The first kappa shape index (κ1) is 26.1. The summed E-state index contributed by atoms with van der Waals surface area (Å²) < 4.78 is 25.9. The fourth-order valence-electron chi connectivity index (χ4n) is 3.02. The van der Waals surface area contributed by atoms with Gasteiger partial charge in [-0.05, 0) is 31.5 Å². The van der Waals surface area contributed by atoms with Crippen molar-refractivity contribution < 1.29 is 28.3 Å². The van der Waals surface area contributed by atoms with E-state index in [0.29, 0.717) is 0 Å². The Morgan fingerprint density at radius 2 is 1.70 bits per heavy atom. The molecule has 0 aliphatic carbocycles. The van der Waals surface area contributed by atoms with Gasteiger partial charge in [-0.15, -0.1) is 0 Å². The Kier molecular flexibility index (Phi) is 8.45. The van der Waals surface area contributed by atoms with Gasteiger partial charge in [0, 0.05) is 12.0 Å².